The Morgan fingerprint density at radius 2 is 1.15 bits per heavy atom. The SMILES string of the molecule is COC(CCC(N)(C(=O)OC(=O)OCc1ccccc1)C(=O)C(N)CCOC(c1ccccc1)(c1ccccc1)c1ccccc1)OC. The molecule has 2 unspecified atom stereocenters. The topological polar surface area (TPSA) is 149 Å². The lowest BCUT2D eigenvalue weighted by Gasteiger charge is -2.36. The number of ketones is 1. The van der Waals surface area contributed by atoms with Gasteiger partial charge in [0.2, 0.25) is 0 Å². The second-order valence-corrected chi connectivity index (χ2v) is 11.2. The number of esters is 1. The molecule has 0 radical (unpaired) electrons. The van der Waals surface area contributed by atoms with Gasteiger partial charge in [0.1, 0.15) is 12.2 Å². The van der Waals surface area contributed by atoms with Crippen molar-refractivity contribution in [2.24, 2.45) is 11.5 Å². The van der Waals surface area contributed by atoms with E-state index in [0.29, 0.717) is 5.56 Å². The maximum atomic E-state index is 13.9. The van der Waals surface area contributed by atoms with Gasteiger partial charge < -0.3 is 35.2 Å². The van der Waals surface area contributed by atoms with Crippen LogP contribution in [0, 0.1) is 0 Å². The fraction of sp³-hybridized carbons (Fsp3) is 0.289. The van der Waals surface area contributed by atoms with Gasteiger partial charge in [0.05, 0.1) is 12.6 Å². The average molecular weight is 655 g/mol. The minimum absolute atomic E-state index is 0.00421. The first-order valence-electron chi connectivity index (χ1n) is 15.6. The van der Waals surface area contributed by atoms with Crippen LogP contribution in [0.4, 0.5) is 4.79 Å². The van der Waals surface area contributed by atoms with Crippen molar-refractivity contribution in [3.8, 4) is 0 Å². The Bertz CT molecular complexity index is 1490. The van der Waals surface area contributed by atoms with Crippen LogP contribution in [0.25, 0.3) is 0 Å². The number of nitrogens with two attached hydrogens (primary N) is 2. The van der Waals surface area contributed by atoms with Gasteiger partial charge in [0, 0.05) is 20.6 Å². The molecule has 0 aliphatic rings. The van der Waals surface area contributed by atoms with Gasteiger partial charge in [-0.3, -0.25) is 4.79 Å². The number of carbonyl (C=O) groups excluding carboxylic acids is 3. The van der Waals surface area contributed by atoms with Crippen LogP contribution in [-0.4, -0.2) is 56.6 Å². The quantitative estimate of drug-likeness (QED) is 0.0668. The number of hydrogen-bond acceptors (Lipinski definition) is 10. The van der Waals surface area contributed by atoms with E-state index in [1.54, 1.807) is 24.3 Å². The Kier molecular flexibility index (Phi) is 13.1. The summed E-state index contributed by atoms with van der Waals surface area (Å²) in [4.78, 5) is 39.7. The molecule has 0 aromatic heterocycles. The minimum atomic E-state index is -2.31. The molecule has 0 aliphatic carbocycles. The van der Waals surface area contributed by atoms with Crippen LogP contribution in [0.2, 0.25) is 0 Å². The van der Waals surface area contributed by atoms with E-state index in [-0.39, 0.29) is 32.5 Å². The zero-order valence-corrected chi connectivity index (χ0v) is 27.2. The standard InChI is InChI=1S/C38H42N2O8/c1-44-33(45-2)23-25-37(40,35(42)48-36(43)46-27-28-15-7-3-8-16-28)34(41)32(39)24-26-47-38(29-17-9-4-10-18-29,30-19-11-5-12-20-30)31-21-13-6-14-22-31/h3-22,32-33H,23-27,39-40H2,1-2H3. The van der Waals surface area contributed by atoms with E-state index in [1.807, 2.05) is 97.1 Å². The maximum Gasteiger partial charge on any atom is 0.516 e. The summed E-state index contributed by atoms with van der Waals surface area (Å²) in [5.74, 6) is -2.12. The second-order valence-electron chi connectivity index (χ2n) is 11.2. The molecule has 10 nitrogen and oxygen atoms in total. The molecule has 48 heavy (non-hydrogen) atoms. The van der Waals surface area contributed by atoms with Crippen molar-refractivity contribution in [1.29, 1.82) is 0 Å². The average Bonchev–Trinajstić information content (AvgIpc) is 3.14. The van der Waals surface area contributed by atoms with E-state index < -0.39 is 41.4 Å². The number of Topliss-reactive ketones (excluding diaryl/α,β-unsaturated/α-hetero) is 1. The Morgan fingerprint density at radius 1 is 0.688 bits per heavy atom. The van der Waals surface area contributed by atoms with Gasteiger partial charge in [-0.15, -0.1) is 0 Å². The predicted octanol–water partition coefficient (Wildman–Crippen LogP) is 5.26. The van der Waals surface area contributed by atoms with E-state index in [1.165, 1.54) is 14.2 Å². The van der Waals surface area contributed by atoms with Crippen molar-refractivity contribution in [1.82, 2.24) is 0 Å². The summed E-state index contributed by atoms with van der Waals surface area (Å²) in [7, 11) is 2.82. The van der Waals surface area contributed by atoms with Gasteiger partial charge in [-0.05, 0) is 35.1 Å². The third kappa shape index (κ3) is 8.80. The highest BCUT2D eigenvalue weighted by Gasteiger charge is 2.47. The smallest absolute Gasteiger partial charge is 0.429 e. The fourth-order valence-electron chi connectivity index (χ4n) is 5.49. The van der Waals surface area contributed by atoms with Crippen LogP contribution >= 0.6 is 0 Å². The summed E-state index contributed by atoms with van der Waals surface area (Å²) in [5, 5.41) is 0. The number of methoxy groups -OCH3 is 2. The largest absolute Gasteiger partial charge is 0.516 e. The van der Waals surface area contributed by atoms with E-state index >= 15 is 0 Å². The van der Waals surface area contributed by atoms with Crippen LogP contribution < -0.4 is 11.5 Å². The number of ether oxygens (including phenoxy) is 5. The molecule has 4 N–H and O–H groups in total. The van der Waals surface area contributed by atoms with E-state index in [0.717, 1.165) is 16.7 Å². The van der Waals surface area contributed by atoms with Crippen molar-refractivity contribution < 1.29 is 38.1 Å². The first kappa shape index (κ1) is 36.1. The van der Waals surface area contributed by atoms with E-state index in [9.17, 15) is 14.4 Å². The molecule has 2 atom stereocenters. The molecule has 0 saturated heterocycles. The number of rotatable bonds is 17. The summed E-state index contributed by atoms with van der Waals surface area (Å²) in [6.45, 7) is -0.134. The predicted molar refractivity (Wildman–Crippen MR) is 179 cm³/mol. The normalized spacial score (nSPS) is 13.4. The molecule has 0 amide bonds. The van der Waals surface area contributed by atoms with Crippen LogP contribution in [0.1, 0.15) is 41.5 Å². The molecule has 4 aromatic rings. The number of benzene rings is 4. The van der Waals surface area contributed by atoms with Gasteiger partial charge in [-0.1, -0.05) is 121 Å². The van der Waals surface area contributed by atoms with Crippen LogP contribution in [0.3, 0.4) is 0 Å². The highest BCUT2D eigenvalue weighted by atomic mass is 16.7. The summed E-state index contributed by atoms with van der Waals surface area (Å²) >= 11 is 0. The van der Waals surface area contributed by atoms with Gasteiger partial charge in [-0.2, -0.15) is 0 Å². The summed E-state index contributed by atoms with van der Waals surface area (Å²) < 4.78 is 27.2. The fourth-order valence-corrected chi connectivity index (χ4v) is 5.49. The first-order chi connectivity index (χ1) is 23.2. The Balaban J connectivity index is 1.54. The second kappa shape index (κ2) is 17.4. The lowest BCUT2D eigenvalue weighted by molar-refractivity contribution is -0.153. The number of hydrogen-bond donors (Lipinski definition) is 2. The molecular formula is C38H42N2O8. The molecule has 0 heterocycles. The molecule has 10 heteroatoms. The van der Waals surface area contributed by atoms with Gasteiger partial charge in [0.25, 0.3) is 0 Å². The van der Waals surface area contributed by atoms with Gasteiger partial charge in [0.15, 0.2) is 17.6 Å². The van der Waals surface area contributed by atoms with Crippen LogP contribution in [0.15, 0.2) is 121 Å². The third-order valence-electron chi connectivity index (χ3n) is 8.10. The molecule has 4 aromatic carbocycles. The molecule has 4 rings (SSSR count). The first-order valence-corrected chi connectivity index (χ1v) is 15.6. The summed E-state index contributed by atoms with van der Waals surface area (Å²) in [6, 6.07) is 36.8. The van der Waals surface area contributed by atoms with Crippen LogP contribution in [-0.2, 0) is 45.5 Å². The zero-order chi connectivity index (χ0) is 34.4. The molecule has 252 valence electrons. The lowest BCUT2D eigenvalue weighted by atomic mass is 9.80. The minimum Gasteiger partial charge on any atom is -0.429 e. The molecule has 0 spiro atoms. The van der Waals surface area contributed by atoms with Crippen molar-refractivity contribution >= 4 is 17.9 Å². The van der Waals surface area contributed by atoms with Gasteiger partial charge in [-0.25, -0.2) is 9.59 Å². The Morgan fingerprint density at radius 3 is 1.60 bits per heavy atom. The molecule has 0 bridgehead atoms. The Hall–Kier alpha value is -4.71. The van der Waals surface area contributed by atoms with Crippen molar-refractivity contribution in [2.45, 2.75) is 49.3 Å². The molecule has 0 aliphatic heterocycles. The summed E-state index contributed by atoms with van der Waals surface area (Å²) in [6.07, 6.45) is -2.32. The lowest BCUT2D eigenvalue weighted by Crippen LogP contribution is -2.61. The highest BCUT2D eigenvalue weighted by Crippen LogP contribution is 2.40. The van der Waals surface area contributed by atoms with Crippen LogP contribution in [0.5, 0.6) is 0 Å². The monoisotopic (exact) mass is 654 g/mol. The van der Waals surface area contributed by atoms with Crippen molar-refractivity contribution in [3.63, 3.8) is 0 Å². The van der Waals surface area contributed by atoms with Crippen molar-refractivity contribution in [2.75, 3.05) is 20.8 Å². The molecular weight excluding hydrogens is 612 g/mol. The maximum absolute atomic E-state index is 13.9. The summed E-state index contributed by atoms with van der Waals surface area (Å²) in [5.41, 5.74) is 12.8. The zero-order valence-electron chi connectivity index (χ0n) is 27.2. The number of carbonyl (C=O) groups is 3. The van der Waals surface area contributed by atoms with E-state index in [4.69, 9.17) is 35.2 Å². The third-order valence-corrected chi connectivity index (χ3v) is 8.10. The van der Waals surface area contributed by atoms with Gasteiger partial charge >= 0.3 is 12.1 Å². The molecule has 0 saturated carbocycles. The van der Waals surface area contributed by atoms with E-state index in [2.05, 4.69) is 0 Å². The highest BCUT2D eigenvalue weighted by molar-refractivity contribution is 6.12. The van der Waals surface area contributed by atoms with Crippen molar-refractivity contribution in [3.05, 3.63) is 144 Å². The molecule has 0 fully saturated rings. The Labute approximate surface area is 280 Å².